The normalized spacial score (nSPS) is 19.8. The second kappa shape index (κ2) is 11.4. The molecule has 1 aliphatic heterocycles. The van der Waals surface area contributed by atoms with Gasteiger partial charge in [-0.25, -0.2) is 0 Å². The number of amides is 1. The average molecular weight is 391 g/mol. The summed E-state index contributed by atoms with van der Waals surface area (Å²) in [6.07, 6.45) is 7.85. The monoisotopic (exact) mass is 390 g/mol. The highest BCUT2D eigenvalue weighted by molar-refractivity contribution is 5.97. The van der Waals surface area contributed by atoms with Crippen molar-refractivity contribution in [3.63, 3.8) is 0 Å². The van der Waals surface area contributed by atoms with Gasteiger partial charge in [0.25, 0.3) is 5.91 Å². The van der Waals surface area contributed by atoms with Gasteiger partial charge < -0.3 is 14.8 Å². The maximum absolute atomic E-state index is 12.6. The molecule has 2 atom stereocenters. The number of nitrogens with one attached hydrogen (secondary N) is 1. The van der Waals surface area contributed by atoms with Crippen molar-refractivity contribution in [3.05, 3.63) is 24.3 Å². The molecule has 5 nitrogen and oxygen atoms in total. The standard InChI is InChI=1S/C23H38N2O3/c1-5-6-8-15-23(3,27-4)22(26)24-20-11-13-21(14-12-20)28-18-17-25-16-9-7-10-19(25)2/h11-14,19H,5-10,15-18H2,1-4H3,(H,24,26)/t19-,23+/m0/s1. The van der Waals surface area contributed by atoms with Crippen LogP contribution in [-0.4, -0.2) is 49.3 Å². The summed E-state index contributed by atoms with van der Waals surface area (Å²) < 4.78 is 11.4. The van der Waals surface area contributed by atoms with E-state index in [0.29, 0.717) is 12.6 Å². The molecule has 0 unspecified atom stereocenters. The van der Waals surface area contributed by atoms with Crippen molar-refractivity contribution in [1.29, 1.82) is 0 Å². The summed E-state index contributed by atoms with van der Waals surface area (Å²) in [5, 5.41) is 2.97. The fourth-order valence-electron chi connectivity index (χ4n) is 3.69. The van der Waals surface area contributed by atoms with Crippen LogP contribution in [0.1, 0.15) is 65.7 Å². The number of methoxy groups -OCH3 is 1. The lowest BCUT2D eigenvalue weighted by Crippen LogP contribution is -2.41. The van der Waals surface area contributed by atoms with Gasteiger partial charge in [0.1, 0.15) is 18.0 Å². The van der Waals surface area contributed by atoms with Gasteiger partial charge in [-0.1, -0.05) is 32.6 Å². The Bertz CT molecular complexity index is 590. The van der Waals surface area contributed by atoms with Crippen LogP contribution >= 0.6 is 0 Å². The third-order valence-corrected chi connectivity index (χ3v) is 5.89. The topological polar surface area (TPSA) is 50.8 Å². The zero-order valence-electron chi connectivity index (χ0n) is 18.1. The predicted molar refractivity (Wildman–Crippen MR) is 115 cm³/mol. The molecule has 1 aromatic rings. The van der Waals surface area contributed by atoms with E-state index in [0.717, 1.165) is 43.7 Å². The van der Waals surface area contributed by atoms with Gasteiger partial charge in [0.15, 0.2) is 0 Å². The number of rotatable bonds is 11. The first-order valence-electron chi connectivity index (χ1n) is 10.8. The van der Waals surface area contributed by atoms with Crippen molar-refractivity contribution in [1.82, 2.24) is 4.90 Å². The maximum Gasteiger partial charge on any atom is 0.256 e. The van der Waals surface area contributed by atoms with E-state index in [1.807, 2.05) is 31.2 Å². The molecule has 0 radical (unpaired) electrons. The van der Waals surface area contributed by atoms with Crippen LogP contribution in [0.2, 0.25) is 0 Å². The van der Waals surface area contributed by atoms with E-state index in [4.69, 9.17) is 9.47 Å². The van der Waals surface area contributed by atoms with Crippen LogP contribution in [-0.2, 0) is 9.53 Å². The lowest BCUT2D eigenvalue weighted by Gasteiger charge is -2.33. The SMILES string of the molecule is CCCCC[C@@](C)(OC)C(=O)Nc1ccc(OCCN2CCCC[C@@H]2C)cc1. The number of anilines is 1. The summed E-state index contributed by atoms with van der Waals surface area (Å²) in [7, 11) is 1.60. The molecule has 1 aliphatic rings. The van der Waals surface area contributed by atoms with E-state index in [9.17, 15) is 4.79 Å². The summed E-state index contributed by atoms with van der Waals surface area (Å²) in [4.78, 5) is 15.2. The van der Waals surface area contributed by atoms with Crippen molar-refractivity contribution in [2.45, 2.75) is 77.4 Å². The molecule has 0 spiro atoms. The quantitative estimate of drug-likeness (QED) is 0.548. The number of hydrogen-bond donors (Lipinski definition) is 1. The van der Waals surface area contributed by atoms with E-state index in [1.165, 1.54) is 25.8 Å². The molecule has 2 rings (SSSR count). The summed E-state index contributed by atoms with van der Waals surface area (Å²) in [6.45, 7) is 9.13. The number of carbonyl (C=O) groups excluding carboxylic acids is 1. The molecule has 0 aromatic heterocycles. The lowest BCUT2D eigenvalue weighted by molar-refractivity contribution is -0.136. The van der Waals surface area contributed by atoms with Crippen molar-refractivity contribution >= 4 is 11.6 Å². The molecule has 1 fully saturated rings. The predicted octanol–water partition coefficient (Wildman–Crippen LogP) is 4.86. The minimum atomic E-state index is -0.796. The zero-order valence-corrected chi connectivity index (χ0v) is 18.1. The molecule has 1 heterocycles. The van der Waals surface area contributed by atoms with Crippen molar-refractivity contribution < 1.29 is 14.3 Å². The summed E-state index contributed by atoms with van der Waals surface area (Å²) >= 11 is 0. The number of piperidine rings is 1. The highest BCUT2D eigenvalue weighted by Gasteiger charge is 2.32. The van der Waals surface area contributed by atoms with E-state index >= 15 is 0 Å². The molecule has 1 aromatic carbocycles. The minimum absolute atomic E-state index is 0.0983. The second-order valence-corrected chi connectivity index (χ2v) is 8.10. The molecule has 0 saturated carbocycles. The highest BCUT2D eigenvalue weighted by atomic mass is 16.5. The van der Waals surface area contributed by atoms with Gasteiger partial charge in [0.05, 0.1) is 0 Å². The molecule has 1 saturated heterocycles. The Balaban J connectivity index is 1.80. The van der Waals surface area contributed by atoms with E-state index < -0.39 is 5.60 Å². The third-order valence-electron chi connectivity index (χ3n) is 5.89. The number of ether oxygens (including phenoxy) is 2. The number of likely N-dealkylation sites (tertiary alicyclic amines) is 1. The van der Waals surface area contributed by atoms with Gasteiger partial charge >= 0.3 is 0 Å². The van der Waals surface area contributed by atoms with Crippen LogP contribution in [0, 0.1) is 0 Å². The number of carbonyl (C=O) groups is 1. The first-order valence-corrected chi connectivity index (χ1v) is 10.8. The Hall–Kier alpha value is -1.59. The number of unbranched alkanes of at least 4 members (excludes halogenated alkanes) is 2. The molecular formula is C23H38N2O3. The molecule has 1 amide bonds. The van der Waals surface area contributed by atoms with E-state index in [2.05, 4.69) is 24.1 Å². The van der Waals surface area contributed by atoms with Gasteiger partial charge in [-0.3, -0.25) is 9.69 Å². The second-order valence-electron chi connectivity index (χ2n) is 8.10. The number of hydrogen-bond acceptors (Lipinski definition) is 4. The van der Waals surface area contributed by atoms with E-state index in [1.54, 1.807) is 7.11 Å². The Morgan fingerprint density at radius 1 is 1.25 bits per heavy atom. The van der Waals surface area contributed by atoms with Crippen LogP contribution in [0.3, 0.4) is 0 Å². The highest BCUT2D eigenvalue weighted by Crippen LogP contribution is 2.23. The van der Waals surface area contributed by atoms with Gasteiger partial charge in [-0.05, 0) is 63.9 Å². The van der Waals surface area contributed by atoms with Crippen molar-refractivity contribution in [3.8, 4) is 5.75 Å². The third kappa shape index (κ3) is 6.78. The summed E-state index contributed by atoms with van der Waals surface area (Å²) in [5.74, 6) is 0.735. The fourth-order valence-corrected chi connectivity index (χ4v) is 3.69. The smallest absolute Gasteiger partial charge is 0.256 e. The summed E-state index contributed by atoms with van der Waals surface area (Å²) in [6, 6.07) is 8.26. The van der Waals surface area contributed by atoms with Crippen LogP contribution in [0.25, 0.3) is 0 Å². The Morgan fingerprint density at radius 3 is 2.64 bits per heavy atom. The molecule has 28 heavy (non-hydrogen) atoms. The Morgan fingerprint density at radius 2 is 2.00 bits per heavy atom. The van der Waals surface area contributed by atoms with E-state index in [-0.39, 0.29) is 5.91 Å². The van der Waals surface area contributed by atoms with Gasteiger partial charge in [-0.15, -0.1) is 0 Å². The maximum atomic E-state index is 12.6. The van der Waals surface area contributed by atoms with Gasteiger partial charge in [0.2, 0.25) is 0 Å². The number of benzene rings is 1. The summed E-state index contributed by atoms with van der Waals surface area (Å²) in [5.41, 5.74) is -0.0316. The van der Waals surface area contributed by atoms with Crippen molar-refractivity contribution in [2.24, 2.45) is 0 Å². The Labute approximate surface area is 170 Å². The number of nitrogens with zero attached hydrogens (tertiary/aromatic N) is 1. The average Bonchev–Trinajstić information content (AvgIpc) is 2.70. The largest absolute Gasteiger partial charge is 0.492 e. The molecule has 0 aliphatic carbocycles. The fraction of sp³-hybridized carbons (Fsp3) is 0.696. The van der Waals surface area contributed by atoms with Gasteiger partial charge in [0, 0.05) is 25.4 Å². The minimum Gasteiger partial charge on any atom is -0.492 e. The lowest BCUT2D eigenvalue weighted by atomic mass is 9.97. The first-order chi connectivity index (χ1) is 13.5. The van der Waals surface area contributed by atoms with Crippen molar-refractivity contribution in [2.75, 3.05) is 32.1 Å². The molecule has 158 valence electrons. The van der Waals surface area contributed by atoms with Crippen LogP contribution in [0.15, 0.2) is 24.3 Å². The first kappa shape index (κ1) is 22.7. The van der Waals surface area contributed by atoms with Crippen LogP contribution < -0.4 is 10.1 Å². The Kier molecular flexibility index (Phi) is 9.26. The van der Waals surface area contributed by atoms with Crippen LogP contribution in [0.4, 0.5) is 5.69 Å². The molecule has 5 heteroatoms. The van der Waals surface area contributed by atoms with Gasteiger partial charge in [-0.2, -0.15) is 0 Å². The molecule has 0 bridgehead atoms. The zero-order chi connectivity index (χ0) is 20.4. The molecular weight excluding hydrogens is 352 g/mol. The molecule has 1 N–H and O–H groups in total. The van der Waals surface area contributed by atoms with Crippen LogP contribution in [0.5, 0.6) is 5.75 Å².